The Kier molecular flexibility index (Phi) is 4.11. The number of aromatic nitrogens is 2. The van der Waals surface area contributed by atoms with Crippen LogP contribution >= 0.6 is 11.3 Å². The van der Waals surface area contributed by atoms with Gasteiger partial charge < -0.3 is 0 Å². The summed E-state index contributed by atoms with van der Waals surface area (Å²) in [5.41, 5.74) is 3.90. The summed E-state index contributed by atoms with van der Waals surface area (Å²) in [5, 5.41) is 0.770. The third-order valence-electron chi connectivity index (χ3n) is 5.06. The standard InChI is InChI=1S/C22H24N2OS/c1-5-17-13-18-20(26-17)23-19-15(10-11-24(19)21(18)25)12-14-6-8-16(9-7-14)22(2,3)4/h6-9,12-13H,5,10-11H2,1-4H3/b15-12+. The highest BCUT2D eigenvalue weighted by Crippen LogP contribution is 2.30. The summed E-state index contributed by atoms with van der Waals surface area (Å²) in [7, 11) is 0. The topological polar surface area (TPSA) is 34.9 Å². The molecule has 0 aliphatic carbocycles. The molecule has 3 nitrogen and oxygen atoms in total. The first-order valence-electron chi connectivity index (χ1n) is 9.21. The van der Waals surface area contributed by atoms with Gasteiger partial charge in [0.15, 0.2) is 0 Å². The average molecular weight is 365 g/mol. The number of fused-ring (bicyclic) bond motifs is 2. The highest BCUT2D eigenvalue weighted by molar-refractivity contribution is 7.18. The van der Waals surface area contributed by atoms with Gasteiger partial charge in [-0.1, -0.05) is 52.0 Å². The normalized spacial score (nSPS) is 15.8. The molecule has 26 heavy (non-hydrogen) atoms. The van der Waals surface area contributed by atoms with Crippen molar-refractivity contribution in [3.8, 4) is 0 Å². The maximum absolute atomic E-state index is 12.8. The van der Waals surface area contributed by atoms with E-state index in [2.05, 4.69) is 58.0 Å². The van der Waals surface area contributed by atoms with Crippen molar-refractivity contribution in [3.63, 3.8) is 0 Å². The first-order valence-corrected chi connectivity index (χ1v) is 10.0. The van der Waals surface area contributed by atoms with Gasteiger partial charge in [-0.05, 0) is 47.1 Å². The largest absolute Gasteiger partial charge is 0.292 e. The summed E-state index contributed by atoms with van der Waals surface area (Å²) >= 11 is 1.64. The lowest BCUT2D eigenvalue weighted by Gasteiger charge is -2.18. The number of hydrogen-bond acceptors (Lipinski definition) is 3. The highest BCUT2D eigenvalue weighted by atomic mass is 32.1. The van der Waals surface area contributed by atoms with E-state index in [1.165, 1.54) is 10.4 Å². The van der Waals surface area contributed by atoms with E-state index in [0.29, 0.717) is 0 Å². The molecule has 1 aliphatic rings. The highest BCUT2D eigenvalue weighted by Gasteiger charge is 2.22. The second kappa shape index (κ2) is 6.20. The lowest BCUT2D eigenvalue weighted by molar-refractivity contribution is 0.590. The van der Waals surface area contributed by atoms with Crippen molar-refractivity contribution in [3.05, 3.63) is 62.5 Å². The molecule has 4 rings (SSSR count). The summed E-state index contributed by atoms with van der Waals surface area (Å²) in [5.74, 6) is 0.840. The summed E-state index contributed by atoms with van der Waals surface area (Å²) in [4.78, 5) is 19.7. The molecule has 0 N–H and O–H groups in total. The van der Waals surface area contributed by atoms with Gasteiger partial charge in [-0.15, -0.1) is 11.3 Å². The van der Waals surface area contributed by atoms with Crippen LogP contribution in [0.2, 0.25) is 0 Å². The van der Waals surface area contributed by atoms with Crippen molar-refractivity contribution in [2.24, 2.45) is 0 Å². The van der Waals surface area contributed by atoms with Gasteiger partial charge in [-0.3, -0.25) is 9.36 Å². The molecule has 0 radical (unpaired) electrons. The Morgan fingerprint density at radius 2 is 1.96 bits per heavy atom. The van der Waals surface area contributed by atoms with Crippen molar-refractivity contribution in [1.82, 2.24) is 9.55 Å². The van der Waals surface area contributed by atoms with Gasteiger partial charge in [-0.25, -0.2) is 4.98 Å². The molecule has 2 aromatic heterocycles. The predicted octanol–water partition coefficient (Wildman–Crippen LogP) is 5.26. The molecule has 0 saturated heterocycles. The maximum Gasteiger partial charge on any atom is 0.262 e. The zero-order chi connectivity index (χ0) is 18.5. The van der Waals surface area contributed by atoms with Crippen LogP contribution in [0.15, 0.2) is 35.1 Å². The third kappa shape index (κ3) is 2.92. The van der Waals surface area contributed by atoms with Crippen LogP contribution in [0.5, 0.6) is 0 Å². The van der Waals surface area contributed by atoms with Crippen LogP contribution in [0.4, 0.5) is 0 Å². The number of aryl methyl sites for hydroxylation is 1. The van der Waals surface area contributed by atoms with Crippen molar-refractivity contribution in [1.29, 1.82) is 0 Å². The minimum Gasteiger partial charge on any atom is -0.292 e. The Morgan fingerprint density at radius 3 is 2.62 bits per heavy atom. The van der Waals surface area contributed by atoms with E-state index in [4.69, 9.17) is 4.98 Å². The minimum atomic E-state index is 0.104. The second-order valence-corrected chi connectivity index (χ2v) is 9.08. The van der Waals surface area contributed by atoms with Crippen LogP contribution < -0.4 is 5.56 Å². The Balaban J connectivity index is 1.76. The first kappa shape index (κ1) is 17.2. The van der Waals surface area contributed by atoms with Crippen LogP contribution in [0.3, 0.4) is 0 Å². The molecule has 134 valence electrons. The summed E-state index contributed by atoms with van der Waals surface area (Å²) in [6.45, 7) is 9.51. The molecule has 0 unspecified atom stereocenters. The van der Waals surface area contributed by atoms with Gasteiger partial charge in [0.05, 0.1) is 5.39 Å². The summed E-state index contributed by atoms with van der Waals surface area (Å²) in [6, 6.07) is 10.7. The third-order valence-corrected chi connectivity index (χ3v) is 6.23. The van der Waals surface area contributed by atoms with Gasteiger partial charge >= 0.3 is 0 Å². The van der Waals surface area contributed by atoms with E-state index < -0.39 is 0 Å². The molecule has 0 amide bonds. The van der Waals surface area contributed by atoms with Crippen LogP contribution in [0.1, 0.15) is 55.9 Å². The number of hydrogen-bond donors (Lipinski definition) is 0. The monoisotopic (exact) mass is 364 g/mol. The molecule has 3 heterocycles. The fourth-order valence-corrected chi connectivity index (χ4v) is 4.41. The summed E-state index contributed by atoms with van der Waals surface area (Å²) < 4.78 is 1.84. The van der Waals surface area contributed by atoms with E-state index in [0.717, 1.165) is 46.6 Å². The van der Waals surface area contributed by atoms with Gasteiger partial charge in [0.25, 0.3) is 5.56 Å². The summed E-state index contributed by atoms with van der Waals surface area (Å²) in [6.07, 6.45) is 3.98. The molecule has 1 aromatic carbocycles. The van der Waals surface area contributed by atoms with Crippen molar-refractivity contribution < 1.29 is 0 Å². The fraction of sp³-hybridized carbons (Fsp3) is 0.364. The predicted molar refractivity (Wildman–Crippen MR) is 111 cm³/mol. The van der Waals surface area contributed by atoms with Crippen LogP contribution in [0.25, 0.3) is 21.9 Å². The number of rotatable bonds is 2. The maximum atomic E-state index is 12.8. The Hall–Kier alpha value is -2.20. The Morgan fingerprint density at radius 1 is 1.23 bits per heavy atom. The molecular formula is C22H24N2OS. The molecule has 0 bridgehead atoms. The van der Waals surface area contributed by atoms with Crippen molar-refractivity contribution in [2.45, 2.75) is 52.5 Å². The van der Waals surface area contributed by atoms with Crippen molar-refractivity contribution >= 4 is 33.2 Å². The quantitative estimate of drug-likeness (QED) is 0.621. The molecule has 0 atom stereocenters. The lowest BCUT2D eigenvalue weighted by Crippen LogP contribution is -2.19. The van der Waals surface area contributed by atoms with E-state index in [1.807, 2.05) is 10.6 Å². The average Bonchev–Trinajstić information content (AvgIpc) is 3.20. The van der Waals surface area contributed by atoms with Gasteiger partial charge in [0.2, 0.25) is 0 Å². The lowest BCUT2D eigenvalue weighted by atomic mass is 9.86. The van der Waals surface area contributed by atoms with Crippen LogP contribution in [-0.4, -0.2) is 9.55 Å². The Bertz CT molecular complexity index is 1060. The van der Waals surface area contributed by atoms with Gasteiger partial charge in [0.1, 0.15) is 10.7 Å². The van der Waals surface area contributed by atoms with Gasteiger partial charge in [-0.2, -0.15) is 0 Å². The van der Waals surface area contributed by atoms with Crippen LogP contribution in [0, 0.1) is 0 Å². The Labute approximate surface area is 158 Å². The van der Waals surface area contributed by atoms with E-state index in [-0.39, 0.29) is 11.0 Å². The smallest absolute Gasteiger partial charge is 0.262 e. The molecule has 0 saturated carbocycles. The number of thiophene rings is 1. The fourth-order valence-electron chi connectivity index (χ4n) is 3.45. The molecule has 0 spiro atoms. The molecule has 4 heteroatoms. The number of allylic oxidation sites excluding steroid dienone is 1. The van der Waals surface area contributed by atoms with Gasteiger partial charge in [0, 0.05) is 11.4 Å². The first-order chi connectivity index (χ1) is 12.4. The number of benzene rings is 1. The van der Waals surface area contributed by atoms with Crippen molar-refractivity contribution in [2.75, 3.05) is 0 Å². The number of nitrogens with zero attached hydrogens (tertiary/aromatic N) is 2. The molecular weight excluding hydrogens is 340 g/mol. The zero-order valence-corrected chi connectivity index (χ0v) is 16.6. The molecule has 1 aliphatic heterocycles. The second-order valence-electron chi connectivity index (χ2n) is 7.97. The van der Waals surface area contributed by atoms with E-state index in [9.17, 15) is 4.79 Å². The minimum absolute atomic E-state index is 0.104. The SMILES string of the molecule is CCc1cc2c(=O)n3c(nc2s1)/C(=C/c1ccc(C(C)(C)C)cc1)CC3. The molecule has 3 aromatic rings. The van der Waals surface area contributed by atoms with Crippen LogP contribution in [-0.2, 0) is 18.4 Å². The zero-order valence-electron chi connectivity index (χ0n) is 15.8. The van der Waals surface area contributed by atoms with E-state index >= 15 is 0 Å². The van der Waals surface area contributed by atoms with E-state index in [1.54, 1.807) is 11.3 Å². The molecule has 0 fully saturated rings.